The van der Waals surface area contributed by atoms with Gasteiger partial charge in [-0.1, -0.05) is 6.58 Å². The van der Waals surface area contributed by atoms with Crippen LogP contribution in [0, 0.1) is 0 Å². The first-order valence-corrected chi connectivity index (χ1v) is 5.22. The van der Waals surface area contributed by atoms with Crippen molar-refractivity contribution >= 4 is 16.1 Å². The lowest BCUT2D eigenvalue weighted by atomic mass is 10.6. The number of carbonyl (C=O) groups is 1. The third-order valence-electron chi connectivity index (χ3n) is 0.818. The summed E-state index contributed by atoms with van der Waals surface area (Å²) in [5.74, 6) is -0.560. The summed E-state index contributed by atoms with van der Waals surface area (Å²) in [5.41, 5.74) is 0. The Bertz CT molecular complexity index is 242. The third-order valence-corrected chi connectivity index (χ3v) is 1.55. The van der Waals surface area contributed by atoms with E-state index in [2.05, 4.69) is 11.3 Å². The molecule has 0 saturated heterocycles. The van der Waals surface area contributed by atoms with E-state index in [4.69, 9.17) is 4.55 Å². The number of carbonyl (C=O) groups excluding carboxylic acids is 1. The van der Waals surface area contributed by atoms with Crippen LogP contribution in [0.1, 0.15) is 13.8 Å². The van der Waals surface area contributed by atoms with Crippen LogP contribution in [0.15, 0.2) is 12.7 Å². The van der Waals surface area contributed by atoms with Crippen LogP contribution in [0.2, 0.25) is 0 Å². The van der Waals surface area contributed by atoms with E-state index in [1.54, 1.807) is 6.92 Å². The van der Waals surface area contributed by atoms with E-state index < -0.39 is 10.1 Å². The molecule has 0 radical (unpaired) electrons. The molecule has 0 aliphatic heterocycles. The maximum absolute atomic E-state index is 10.1. The summed E-state index contributed by atoms with van der Waals surface area (Å²) in [6, 6.07) is 0. The van der Waals surface area contributed by atoms with Crippen molar-refractivity contribution in [1.29, 1.82) is 0 Å². The van der Waals surface area contributed by atoms with Crippen molar-refractivity contribution in [2.24, 2.45) is 0 Å². The van der Waals surface area contributed by atoms with Crippen LogP contribution in [0.4, 0.5) is 0 Å². The normalized spacial score (nSPS) is 9.46. The van der Waals surface area contributed by atoms with Crippen LogP contribution < -0.4 is 0 Å². The van der Waals surface area contributed by atoms with Crippen molar-refractivity contribution < 1.29 is 22.5 Å². The number of esters is 1. The lowest BCUT2D eigenvalue weighted by molar-refractivity contribution is -0.137. The maximum Gasteiger partial charge on any atom is 0.330 e. The second-order valence-corrected chi connectivity index (χ2v) is 3.57. The Morgan fingerprint density at radius 1 is 1.54 bits per heavy atom. The number of hydrogen-bond donors (Lipinski definition) is 1. The molecule has 0 unspecified atom stereocenters. The summed E-state index contributed by atoms with van der Waals surface area (Å²) in [4.78, 5) is 10.1. The molecule has 13 heavy (non-hydrogen) atoms. The van der Waals surface area contributed by atoms with E-state index in [1.165, 1.54) is 6.92 Å². The highest BCUT2D eigenvalue weighted by molar-refractivity contribution is 7.85. The van der Waals surface area contributed by atoms with Gasteiger partial charge in [0.25, 0.3) is 10.1 Å². The van der Waals surface area contributed by atoms with Crippen LogP contribution in [0.3, 0.4) is 0 Å². The number of ether oxygens (including phenoxy) is 1. The highest BCUT2D eigenvalue weighted by Crippen LogP contribution is 1.74. The Hall–Kier alpha value is -0.880. The highest BCUT2D eigenvalue weighted by Gasteiger charge is 1.93. The van der Waals surface area contributed by atoms with Crippen molar-refractivity contribution in [3.63, 3.8) is 0 Å². The monoisotopic (exact) mass is 210 g/mol. The van der Waals surface area contributed by atoms with Crippen LogP contribution in [-0.4, -0.2) is 31.3 Å². The minimum atomic E-state index is -3.66. The van der Waals surface area contributed by atoms with Crippen LogP contribution >= 0.6 is 0 Å². The van der Waals surface area contributed by atoms with Crippen molar-refractivity contribution in [3.05, 3.63) is 12.7 Å². The summed E-state index contributed by atoms with van der Waals surface area (Å²) in [7, 11) is -3.66. The van der Waals surface area contributed by atoms with E-state index in [-0.39, 0.29) is 11.7 Å². The zero-order valence-electron chi connectivity index (χ0n) is 7.69. The molecular weight excluding hydrogens is 196 g/mol. The average Bonchev–Trinajstić information content (AvgIpc) is 2.05. The minimum absolute atomic E-state index is 0.201. The van der Waals surface area contributed by atoms with Gasteiger partial charge in [0.1, 0.15) is 0 Å². The molecule has 0 aromatic rings. The fourth-order valence-corrected chi connectivity index (χ4v) is 0.201. The summed E-state index contributed by atoms with van der Waals surface area (Å²) in [6.45, 7) is 6.75. The van der Waals surface area contributed by atoms with E-state index in [1.807, 2.05) is 0 Å². The van der Waals surface area contributed by atoms with Gasteiger partial charge in [-0.05, 0) is 13.8 Å². The second-order valence-electron chi connectivity index (χ2n) is 1.83. The van der Waals surface area contributed by atoms with Gasteiger partial charge in [0.2, 0.25) is 0 Å². The molecule has 6 heteroatoms. The summed E-state index contributed by atoms with van der Waals surface area (Å²) >= 11 is 0. The SMILES string of the molecule is C=CC(=O)OCC.CCS(=O)(=O)O. The molecule has 0 spiro atoms. The zero-order chi connectivity index (χ0) is 10.9. The summed E-state index contributed by atoms with van der Waals surface area (Å²) in [5, 5.41) is 0. The molecule has 0 heterocycles. The molecule has 0 fully saturated rings. The standard InChI is InChI=1S/C5H8O2.C2H6O3S/c1-3-5(6)7-4-2;1-2-6(3,4)5/h3H,1,4H2,2H3;2H2,1H3,(H,3,4,5). The Morgan fingerprint density at radius 3 is 2.00 bits per heavy atom. The van der Waals surface area contributed by atoms with E-state index >= 15 is 0 Å². The molecule has 0 bridgehead atoms. The first-order valence-electron chi connectivity index (χ1n) is 3.61. The molecule has 0 aliphatic rings. The first kappa shape index (κ1) is 14.6. The van der Waals surface area contributed by atoms with Gasteiger partial charge in [-0.25, -0.2) is 4.79 Å². The lowest BCUT2D eigenvalue weighted by Gasteiger charge is -1.90. The molecule has 0 atom stereocenters. The molecule has 0 rings (SSSR count). The lowest BCUT2D eigenvalue weighted by Crippen LogP contribution is -1.97. The van der Waals surface area contributed by atoms with Crippen molar-refractivity contribution in [3.8, 4) is 0 Å². The largest absolute Gasteiger partial charge is 0.463 e. The molecule has 0 amide bonds. The third kappa shape index (κ3) is 18.2. The first-order chi connectivity index (χ1) is 5.87. The second kappa shape index (κ2) is 7.75. The van der Waals surface area contributed by atoms with Gasteiger partial charge in [-0.2, -0.15) is 8.42 Å². The summed E-state index contributed by atoms with van der Waals surface area (Å²) < 4.78 is 31.3. The van der Waals surface area contributed by atoms with Gasteiger partial charge in [0, 0.05) is 6.08 Å². The van der Waals surface area contributed by atoms with E-state index in [0.29, 0.717) is 6.61 Å². The molecule has 0 aliphatic carbocycles. The molecule has 78 valence electrons. The van der Waals surface area contributed by atoms with Crippen molar-refractivity contribution in [1.82, 2.24) is 0 Å². The van der Waals surface area contributed by atoms with E-state index in [9.17, 15) is 13.2 Å². The smallest absolute Gasteiger partial charge is 0.330 e. The molecule has 0 saturated carbocycles. The Balaban J connectivity index is 0. The summed E-state index contributed by atoms with van der Waals surface area (Å²) in [6.07, 6.45) is 1.14. The fourth-order valence-electron chi connectivity index (χ4n) is 0.201. The van der Waals surface area contributed by atoms with Gasteiger partial charge < -0.3 is 4.74 Å². The van der Waals surface area contributed by atoms with Crippen molar-refractivity contribution in [2.75, 3.05) is 12.4 Å². The van der Waals surface area contributed by atoms with Crippen molar-refractivity contribution in [2.45, 2.75) is 13.8 Å². The number of hydrogen-bond acceptors (Lipinski definition) is 4. The Kier molecular flexibility index (Phi) is 8.73. The van der Waals surface area contributed by atoms with E-state index in [0.717, 1.165) is 6.08 Å². The van der Waals surface area contributed by atoms with Crippen LogP contribution in [0.5, 0.6) is 0 Å². The van der Waals surface area contributed by atoms with Gasteiger partial charge >= 0.3 is 5.97 Å². The Morgan fingerprint density at radius 2 is 1.92 bits per heavy atom. The number of rotatable bonds is 3. The predicted molar refractivity (Wildman–Crippen MR) is 48.9 cm³/mol. The maximum atomic E-state index is 10.1. The molecular formula is C7H14O5S. The molecule has 1 N–H and O–H groups in total. The Labute approximate surface area is 78.1 Å². The highest BCUT2D eigenvalue weighted by atomic mass is 32.2. The van der Waals surface area contributed by atoms with Gasteiger partial charge in [0.15, 0.2) is 0 Å². The topological polar surface area (TPSA) is 80.7 Å². The zero-order valence-corrected chi connectivity index (χ0v) is 8.50. The van der Waals surface area contributed by atoms with Crippen LogP contribution in [-0.2, 0) is 19.6 Å². The van der Waals surface area contributed by atoms with Crippen LogP contribution in [0.25, 0.3) is 0 Å². The predicted octanol–water partition coefficient (Wildman–Crippen LogP) is 0.630. The average molecular weight is 210 g/mol. The molecule has 5 nitrogen and oxygen atoms in total. The van der Waals surface area contributed by atoms with Gasteiger partial charge in [-0.15, -0.1) is 0 Å². The van der Waals surface area contributed by atoms with Gasteiger partial charge in [0.05, 0.1) is 12.4 Å². The fraction of sp³-hybridized carbons (Fsp3) is 0.571. The quantitative estimate of drug-likeness (QED) is 0.420. The van der Waals surface area contributed by atoms with Gasteiger partial charge in [-0.3, -0.25) is 4.55 Å². The minimum Gasteiger partial charge on any atom is -0.463 e. The molecule has 0 aromatic heterocycles. The molecule has 0 aromatic carbocycles.